The van der Waals surface area contributed by atoms with Crippen LogP contribution in [-0.4, -0.2) is 34.2 Å². The number of aldehydes is 1. The molecular formula is C28H30F2N4O3. The van der Waals surface area contributed by atoms with Crippen molar-refractivity contribution in [2.45, 2.75) is 46.8 Å². The Morgan fingerprint density at radius 3 is 2.54 bits per heavy atom. The lowest BCUT2D eigenvalue weighted by atomic mass is 10.1. The Labute approximate surface area is 215 Å². The molecule has 3 aromatic rings. The molecule has 0 unspecified atom stereocenters. The third-order valence-corrected chi connectivity index (χ3v) is 5.71. The highest BCUT2D eigenvalue weighted by molar-refractivity contribution is 5.97. The summed E-state index contributed by atoms with van der Waals surface area (Å²) in [6, 6.07) is 10.8. The fraction of sp³-hybridized carbons (Fsp3) is 0.286. The molecule has 0 aliphatic heterocycles. The summed E-state index contributed by atoms with van der Waals surface area (Å²) < 4.78 is 32.9. The lowest BCUT2D eigenvalue weighted by Gasteiger charge is -2.23. The van der Waals surface area contributed by atoms with Crippen LogP contribution in [-0.2, 0) is 21.7 Å². The Bertz CT molecular complexity index is 1360. The molecular weight excluding hydrogens is 478 g/mol. The third-order valence-electron chi connectivity index (χ3n) is 5.71. The summed E-state index contributed by atoms with van der Waals surface area (Å²) in [5, 5.41) is 10.3. The number of halogens is 2. The van der Waals surface area contributed by atoms with Gasteiger partial charge in [-0.15, -0.1) is 0 Å². The lowest BCUT2D eigenvalue weighted by Crippen LogP contribution is -2.25. The average molecular weight is 509 g/mol. The van der Waals surface area contributed by atoms with Crippen molar-refractivity contribution in [2.24, 2.45) is 4.99 Å². The van der Waals surface area contributed by atoms with Gasteiger partial charge in [-0.1, -0.05) is 12.1 Å². The second-order valence-corrected chi connectivity index (χ2v) is 9.17. The third kappa shape index (κ3) is 6.83. The van der Waals surface area contributed by atoms with Crippen LogP contribution >= 0.6 is 0 Å². The van der Waals surface area contributed by atoms with Gasteiger partial charge in [-0.3, -0.25) is 4.79 Å². The molecule has 2 aromatic carbocycles. The molecule has 0 atom stereocenters. The van der Waals surface area contributed by atoms with E-state index in [1.165, 1.54) is 6.07 Å². The number of hydrogen-bond donors (Lipinski definition) is 1. The van der Waals surface area contributed by atoms with E-state index >= 15 is 0 Å². The molecule has 0 amide bonds. The first-order valence-corrected chi connectivity index (χ1v) is 11.6. The van der Waals surface area contributed by atoms with Crippen LogP contribution in [0, 0.1) is 18.6 Å². The first-order valence-electron chi connectivity index (χ1n) is 11.6. The monoisotopic (exact) mass is 508 g/mol. The largest absolute Gasteiger partial charge is 0.472 e. The predicted octanol–water partition coefficient (Wildman–Crippen LogP) is 5.46. The molecule has 1 heterocycles. The molecule has 0 fully saturated rings. The number of rotatable bonds is 8. The van der Waals surface area contributed by atoms with Crippen LogP contribution in [0.5, 0.6) is 0 Å². The molecule has 3 rings (SSSR count). The van der Waals surface area contributed by atoms with Crippen LogP contribution in [0.1, 0.15) is 44.6 Å². The van der Waals surface area contributed by atoms with Gasteiger partial charge in [0.15, 0.2) is 12.1 Å². The van der Waals surface area contributed by atoms with E-state index in [0.29, 0.717) is 23.6 Å². The fourth-order valence-electron chi connectivity index (χ4n) is 3.41. The smallest absolute Gasteiger partial charge is 0.221 e. The van der Waals surface area contributed by atoms with E-state index in [1.54, 1.807) is 40.0 Å². The molecule has 7 nitrogen and oxygen atoms in total. The van der Waals surface area contributed by atoms with Crippen molar-refractivity contribution >= 4 is 17.8 Å². The van der Waals surface area contributed by atoms with Gasteiger partial charge in [-0.25, -0.2) is 23.7 Å². The number of aliphatic hydroxyl groups is 1. The van der Waals surface area contributed by atoms with Crippen molar-refractivity contribution in [3.8, 4) is 11.3 Å². The number of ether oxygens (including phenoxy) is 1. The van der Waals surface area contributed by atoms with Gasteiger partial charge in [-0.2, -0.15) is 0 Å². The number of aliphatic imine (C=N–C) groups is 1. The normalized spacial score (nSPS) is 12.7. The van der Waals surface area contributed by atoms with Crippen molar-refractivity contribution < 1.29 is 23.4 Å². The molecule has 1 aromatic heterocycles. The van der Waals surface area contributed by atoms with E-state index in [0.717, 1.165) is 28.9 Å². The SMILES string of the molecule is C/C(=N/C(OCc1ccc(F)cc1F)=C(/C)C=O)N(C)c1cc(-c2ccnc(C(C)(C)O)n2)ccc1C. The first kappa shape index (κ1) is 27.6. The van der Waals surface area contributed by atoms with Crippen LogP contribution in [0.2, 0.25) is 0 Å². The molecule has 37 heavy (non-hydrogen) atoms. The Kier molecular flexibility index (Phi) is 8.49. The highest BCUT2D eigenvalue weighted by atomic mass is 19.1. The topological polar surface area (TPSA) is 87.9 Å². The second-order valence-electron chi connectivity index (χ2n) is 9.17. The maximum Gasteiger partial charge on any atom is 0.221 e. The summed E-state index contributed by atoms with van der Waals surface area (Å²) in [7, 11) is 1.82. The van der Waals surface area contributed by atoms with Gasteiger partial charge in [0, 0.05) is 36.1 Å². The van der Waals surface area contributed by atoms with E-state index in [9.17, 15) is 18.7 Å². The Morgan fingerprint density at radius 2 is 1.89 bits per heavy atom. The summed E-state index contributed by atoms with van der Waals surface area (Å²) in [6.45, 7) is 8.27. The zero-order valence-electron chi connectivity index (χ0n) is 21.7. The average Bonchev–Trinajstić information content (AvgIpc) is 2.86. The number of hydrogen-bond acceptors (Lipinski definition) is 6. The zero-order chi connectivity index (χ0) is 27.3. The maximum absolute atomic E-state index is 14.0. The predicted molar refractivity (Wildman–Crippen MR) is 139 cm³/mol. The molecule has 0 aliphatic carbocycles. The van der Waals surface area contributed by atoms with Gasteiger partial charge in [0.05, 0.1) is 11.3 Å². The number of amidine groups is 1. The zero-order valence-corrected chi connectivity index (χ0v) is 21.7. The van der Waals surface area contributed by atoms with Gasteiger partial charge >= 0.3 is 0 Å². The van der Waals surface area contributed by atoms with Crippen LogP contribution in [0.3, 0.4) is 0 Å². The van der Waals surface area contributed by atoms with Crippen molar-refractivity contribution in [1.29, 1.82) is 0 Å². The molecule has 0 saturated heterocycles. The summed E-state index contributed by atoms with van der Waals surface area (Å²) in [5.41, 5.74) is 2.44. The maximum atomic E-state index is 14.0. The number of carbonyl (C=O) groups excluding carboxylic acids is 1. The summed E-state index contributed by atoms with van der Waals surface area (Å²) in [6.07, 6.45) is 2.21. The second kappa shape index (κ2) is 11.4. The molecule has 0 spiro atoms. The number of benzene rings is 2. The molecule has 9 heteroatoms. The van der Waals surface area contributed by atoms with Crippen LogP contribution < -0.4 is 4.90 Å². The van der Waals surface area contributed by atoms with Crippen molar-refractivity contribution in [1.82, 2.24) is 9.97 Å². The van der Waals surface area contributed by atoms with E-state index in [4.69, 9.17) is 4.74 Å². The number of aromatic nitrogens is 2. The van der Waals surface area contributed by atoms with E-state index in [-0.39, 0.29) is 23.6 Å². The van der Waals surface area contributed by atoms with Crippen LogP contribution in [0.25, 0.3) is 11.3 Å². The fourth-order valence-corrected chi connectivity index (χ4v) is 3.41. The van der Waals surface area contributed by atoms with Gasteiger partial charge < -0.3 is 14.7 Å². The minimum absolute atomic E-state index is 0.0301. The summed E-state index contributed by atoms with van der Waals surface area (Å²) >= 11 is 0. The van der Waals surface area contributed by atoms with Gasteiger partial charge in [0.2, 0.25) is 5.88 Å². The number of anilines is 1. The van der Waals surface area contributed by atoms with Crippen molar-refractivity contribution in [3.63, 3.8) is 0 Å². The quantitative estimate of drug-likeness (QED) is 0.143. The minimum atomic E-state index is -1.18. The standard InChI is InChI=1S/C28H30F2N4O3/c1-17-7-8-20(24-11-12-31-27(33-24)28(4,5)36)13-25(17)34(6)19(3)32-26(18(2)15-35)37-16-21-9-10-22(29)14-23(21)30/h7-15,36H,16H2,1-6H3/b26-18+,32-19-. The Morgan fingerprint density at radius 1 is 1.16 bits per heavy atom. The summed E-state index contributed by atoms with van der Waals surface area (Å²) in [5.74, 6) is -0.580. The molecule has 194 valence electrons. The molecule has 0 saturated carbocycles. The Balaban J connectivity index is 1.91. The lowest BCUT2D eigenvalue weighted by molar-refractivity contribution is -0.105. The highest BCUT2D eigenvalue weighted by Crippen LogP contribution is 2.28. The van der Waals surface area contributed by atoms with Crippen LogP contribution in [0.15, 0.2) is 65.1 Å². The van der Waals surface area contributed by atoms with Crippen molar-refractivity contribution in [3.05, 3.63) is 88.7 Å². The van der Waals surface area contributed by atoms with E-state index in [1.807, 2.05) is 37.1 Å². The molecule has 0 bridgehead atoms. The number of allylic oxidation sites excluding steroid dienone is 1. The number of aryl methyl sites for hydroxylation is 1. The van der Waals surface area contributed by atoms with Gasteiger partial charge in [-0.05, 0) is 64.4 Å². The number of carbonyl (C=O) groups is 1. The van der Waals surface area contributed by atoms with Gasteiger partial charge in [0.25, 0.3) is 0 Å². The van der Waals surface area contributed by atoms with Gasteiger partial charge in [0.1, 0.15) is 29.7 Å². The van der Waals surface area contributed by atoms with E-state index in [2.05, 4.69) is 15.0 Å². The van der Waals surface area contributed by atoms with E-state index < -0.39 is 17.2 Å². The minimum Gasteiger partial charge on any atom is -0.472 e. The molecule has 0 radical (unpaired) electrons. The molecule has 1 N–H and O–H groups in total. The summed E-state index contributed by atoms with van der Waals surface area (Å²) in [4.78, 5) is 26.5. The van der Waals surface area contributed by atoms with Crippen molar-refractivity contribution in [2.75, 3.05) is 11.9 Å². The Hall–Kier alpha value is -3.98. The molecule has 0 aliphatic rings. The number of nitrogens with zero attached hydrogens (tertiary/aromatic N) is 4. The highest BCUT2D eigenvalue weighted by Gasteiger charge is 2.20. The van der Waals surface area contributed by atoms with Crippen LogP contribution in [0.4, 0.5) is 14.5 Å². The first-order chi connectivity index (χ1) is 17.4.